The minimum atomic E-state index is -4.36. The van der Waals surface area contributed by atoms with E-state index in [1.807, 2.05) is 0 Å². The fourth-order valence-corrected chi connectivity index (χ4v) is 1.72. The van der Waals surface area contributed by atoms with Crippen molar-refractivity contribution in [2.24, 2.45) is 0 Å². The molecule has 6 heteroatoms. The van der Waals surface area contributed by atoms with Crippen LogP contribution < -0.4 is 5.06 Å². The minimum Gasteiger partial charge on any atom is -0.281 e. The maximum absolute atomic E-state index is 12.4. The number of hydrogen-bond acceptors (Lipinski definition) is 2. The smallest absolute Gasteiger partial charge is 0.281 e. The molecule has 104 valence electrons. The molecule has 2 aromatic rings. The molecule has 0 heterocycles. The van der Waals surface area contributed by atoms with E-state index in [1.54, 1.807) is 12.1 Å². The van der Waals surface area contributed by atoms with E-state index in [-0.39, 0.29) is 12.1 Å². The summed E-state index contributed by atoms with van der Waals surface area (Å²) in [7, 11) is 0. The van der Waals surface area contributed by atoms with Gasteiger partial charge in [0, 0.05) is 0 Å². The minimum absolute atomic E-state index is 0.243. The number of carbonyl (C=O) groups excluding carboxylic acids is 1. The van der Waals surface area contributed by atoms with E-state index in [9.17, 15) is 18.0 Å². The summed E-state index contributed by atoms with van der Waals surface area (Å²) in [5.74, 6) is 0. The zero-order chi connectivity index (χ0) is 14.8. The molecule has 3 nitrogen and oxygen atoms in total. The molecule has 0 atom stereocenters. The van der Waals surface area contributed by atoms with Crippen molar-refractivity contribution in [1.82, 2.24) is 0 Å². The Morgan fingerprint density at radius 1 is 0.900 bits per heavy atom. The fourth-order valence-electron chi connectivity index (χ4n) is 1.72. The van der Waals surface area contributed by atoms with E-state index in [0.29, 0.717) is 16.2 Å². The highest BCUT2D eigenvalue weighted by molar-refractivity contribution is 5.74. The largest absolute Gasteiger partial charge is 0.416 e. The summed E-state index contributed by atoms with van der Waals surface area (Å²) in [4.78, 5) is 10.4. The van der Waals surface area contributed by atoms with Gasteiger partial charge in [0.25, 0.3) is 0 Å². The average molecular weight is 281 g/mol. The predicted octanol–water partition coefficient (Wildman–Crippen LogP) is 3.72. The van der Waals surface area contributed by atoms with Crippen LogP contribution >= 0.6 is 0 Å². The van der Waals surface area contributed by atoms with Crippen LogP contribution in [0, 0.1) is 0 Å². The molecule has 1 N–H and O–H groups in total. The van der Waals surface area contributed by atoms with Crippen LogP contribution in [0.5, 0.6) is 0 Å². The summed E-state index contributed by atoms with van der Waals surface area (Å²) >= 11 is 0. The lowest BCUT2D eigenvalue weighted by molar-refractivity contribution is -0.137. The standard InChI is InChI=1S/C14H10F3NO2/c15-14(16,17)12-5-1-10(2-6-12)11-3-7-13(8-4-11)18(20)9-19/h1-9,20H. The number of amides is 1. The molecule has 1 amide bonds. The number of nitrogens with zero attached hydrogens (tertiary/aromatic N) is 1. The van der Waals surface area contributed by atoms with Crippen LogP contribution in [0.4, 0.5) is 18.9 Å². The van der Waals surface area contributed by atoms with Gasteiger partial charge in [-0.1, -0.05) is 24.3 Å². The maximum atomic E-state index is 12.4. The van der Waals surface area contributed by atoms with Crippen molar-refractivity contribution in [1.29, 1.82) is 0 Å². The Morgan fingerprint density at radius 2 is 1.35 bits per heavy atom. The van der Waals surface area contributed by atoms with Gasteiger partial charge in [0.15, 0.2) is 0 Å². The molecule has 0 bridgehead atoms. The van der Waals surface area contributed by atoms with E-state index >= 15 is 0 Å². The number of carbonyl (C=O) groups is 1. The van der Waals surface area contributed by atoms with Crippen LogP contribution in [0.2, 0.25) is 0 Å². The van der Waals surface area contributed by atoms with Crippen molar-refractivity contribution in [3.63, 3.8) is 0 Å². The topological polar surface area (TPSA) is 40.5 Å². The average Bonchev–Trinajstić information content (AvgIpc) is 2.46. The Kier molecular flexibility index (Phi) is 3.76. The fraction of sp³-hybridized carbons (Fsp3) is 0.0714. The molecule has 0 aliphatic rings. The molecule has 0 unspecified atom stereocenters. The summed E-state index contributed by atoms with van der Waals surface area (Å²) in [5, 5.41) is 9.57. The Morgan fingerprint density at radius 3 is 1.75 bits per heavy atom. The van der Waals surface area contributed by atoms with Crippen molar-refractivity contribution in [3.8, 4) is 11.1 Å². The number of anilines is 1. The molecule has 2 aromatic carbocycles. The van der Waals surface area contributed by atoms with Crippen LogP contribution in [0.25, 0.3) is 11.1 Å². The highest BCUT2D eigenvalue weighted by atomic mass is 19.4. The summed E-state index contributed by atoms with van der Waals surface area (Å²) in [6, 6.07) is 10.9. The molecule has 2 rings (SSSR count). The van der Waals surface area contributed by atoms with E-state index in [0.717, 1.165) is 12.1 Å². The van der Waals surface area contributed by atoms with Crippen molar-refractivity contribution < 1.29 is 23.2 Å². The summed E-state index contributed by atoms with van der Waals surface area (Å²) in [6.07, 6.45) is -4.11. The molecule has 0 spiro atoms. The third kappa shape index (κ3) is 2.97. The lowest BCUT2D eigenvalue weighted by Gasteiger charge is -2.10. The monoisotopic (exact) mass is 281 g/mol. The second kappa shape index (κ2) is 5.34. The third-order valence-corrected chi connectivity index (χ3v) is 2.78. The first-order chi connectivity index (χ1) is 9.41. The van der Waals surface area contributed by atoms with Gasteiger partial charge in [-0.2, -0.15) is 18.2 Å². The van der Waals surface area contributed by atoms with E-state index in [4.69, 9.17) is 5.21 Å². The van der Waals surface area contributed by atoms with Gasteiger partial charge in [-0.05, 0) is 35.4 Å². The van der Waals surface area contributed by atoms with Crippen molar-refractivity contribution >= 4 is 12.1 Å². The SMILES string of the molecule is O=CN(O)c1ccc(-c2ccc(C(F)(F)F)cc2)cc1. The normalized spacial score (nSPS) is 11.2. The van der Waals surface area contributed by atoms with E-state index in [2.05, 4.69) is 0 Å². The first-order valence-electron chi connectivity index (χ1n) is 5.63. The van der Waals surface area contributed by atoms with E-state index in [1.165, 1.54) is 24.3 Å². The highest BCUT2D eigenvalue weighted by Gasteiger charge is 2.29. The number of alkyl halides is 3. The second-order valence-electron chi connectivity index (χ2n) is 4.07. The molecule has 0 fully saturated rings. The Balaban J connectivity index is 2.26. The zero-order valence-electron chi connectivity index (χ0n) is 10.1. The Hall–Kier alpha value is -2.34. The van der Waals surface area contributed by atoms with Gasteiger partial charge >= 0.3 is 6.18 Å². The van der Waals surface area contributed by atoms with Crippen LogP contribution in [-0.4, -0.2) is 11.6 Å². The zero-order valence-corrected chi connectivity index (χ0v) is 10.1. The van der Waals surface area contributed by atoms with Crippen LogP contribution in [0.3, 0.4) is 0 Å². The quantitative estimate of drug-likeness (QED) is 0.529. The van der Waals surface area contributed by atoms with Gasteiger partial charge < -0.3 is 0 Å². The summed E-state index contributed by atoms with van der Waals surface area (Å²) in [5.41, 5.74) is 0.859. The molecule has 0 aliphatic carbocycles. The molecule has 0 saturated carbocycles. The van der Waals surface area contributed by atoms with Gasteiger partial charge in [0.1, 0.15) is 0 Å². The number of halogens is 3. The molecule has 20 heavy (non-hydrogen) atoms. The Labute approximate surface area is 112 Å². The lowest BCUT2D eigenvalue weighted by Crippen LogP contribution is -2.14. The summed E-state index contributed by atoms with van der Waals surface area (Å²) in [6.45, 7) is 0. The highest BCUT2D eigenvalue weighted by Crippen LogP contribution is 2.31. The first-order valence-corrected chi connectivity index (χ1v) is 5.63. The third-order valence-electron chi connectivity index (χ3n) is 2.78. The number of hydrogen-bond donors (Lipinski definition) is 1. The van der Waals surface area contributed by atoms with Crippen LogP contribution in [-0.2, 0) is 11.0 Å². The molecular formula is C14H10F3NO2. The van der Waals surface area contributed by atoms with Crippen LogP contribution in [0.1, 0.15) is 5.56 Å². The first kappa shape index (κ1) is 14.1. The van der Waals surface area contributed by atoms with Crippen LogP contribution in [0.15, 0.2) is 48.5 Å². The van der Waals surface area contributed by atoms with Crippen molar-refractivity contribution in [3.05, 3.63) is 54.1 Å². The number of rotatable bonds is 3. The molecule has 0 radical (unpaired) electrons. The second-order valence-corrected chi connectivity index (χ2v) is 4.07. The van der Waals surface area contributed by atoms with Crippen molar-refractivity contribution in [2.75, 3.05) is 5.06 Å². The number of benzene rings is 2. The maximum Gasteiger partial charge on any atom is 0.416 e. The molecular weight excluding hydrogens is 271 g/mol. The number of hydroxylamine groups is 1. The lowest BCUT2D eigenvalue weighted by atomic mass is 10.0. The van der Waals surface area contributed by atoms with E-state index < -0.39 is 11.7 Å². The Bertz CT molecular complexity index is 591. The molecule has 0 saturated heterocycles. The molecule has 0 aliphatic heterocycles. The van der Waals surface area contributed by atoms with Gasteiger partial charge in [-0.25, -0.2) is 0 Å². The van der Waals surface area contributed by atoms with Gasteiger partial charge in [0.2, 0.25) is 6.41 Å². The molecule has 0 aromatic heterocycles. The van der Waals surface area contributed by atoms with Gasteiger partial charge in [-0.15, -0.1) is 0 Å². The predicted molar refractivity (Wildman–Crippen MR) is 67.2 cm³/mol. The van der Waals surface area contributed by atoms with Crippen molar-refractivity contribution in [2.45, 2.75) is 6.18 Å². The summed E-state index contributed by atoms with van der Waals surface area (Å²) < 4.78 is 37.3. The van der Waals surface area contributed by atoms with Gasteiger partial charge in [0.05, 0.1) is 11.3 Å². The van der Waals surface area contributed by atoms with Gasteiger partial charge in [-0.3, -0.25) is 10.0 Å².